The lowest BCUT2D eigenvalue weighted by atomic mass is 11.2. The van der Waals surface area contributed by atoms with Gasteiger partial charge in [0.1, 0.15) is 0 Å². The lowest BCUT2D eigenvalue weighted by Gasteiger charge is -2.22. The number of hydrogen-bond acceptors (Lipinski definition) is 4. The first-order chi connectivity index (χ1) is 3.72. The second-order valence-electron chi connectivity index (χ2n) is 0.983. The van der Waals surface area contributed by atoms with Crippen LogP contribution < -0.4 is 0 Å². The van der Waals surface area contributed by atoms with Crippen molar-refractivity contribution in [3.8, 4) is 0 Å². The van der Waals surface area contributed by atoms with Crippen molar-refractivity contribution >= 4 is 48.8 Å². The van der Waals surface area contributed by atoms with Gasteiger partial charge in [-0.2, -0.15) is 0 Å². The summed E-state index contributed by atoms with van der Waals surface area (Å²) in [6.07, 6.45) is 3.95. The van der Waals surface area contributed by atoms with Crippen LogP contribution in [0, 0.1) is 0 Å². The predicted octanol–water partition coefficient (Wildman–Crippen LogP) is 1.93. The van der Waals surface area contributed by atoms with Crippen LogP contribution in [-0.4, -0.2) is 12.5 Å². The molecular weight excluding hydrogens is 176 g/mol. The molecule has 0 aliphatic carbocycles. The van der Waals surface area contributed by atoms with E-state index in [4.69, 9.17) is 25.3 Å². The quantitative estimate of drug-likeness (QED) is 0.598. The van der Waals surface area contributed by atoms with Crippen LogP contribution >= 0.6 is 23.5 Å². The van der Waals surface area contributed by atoms with Crippen molar-refractivity contribution in [3.63, 3.8) is 0 Å². The van der Waals surface area contributed by atoms with Gasteiger partial charge in [0.2, 0.25) is 0 Å². The van der Waals surface area contributed by atoms with E-state index in [2.05, 4.69) is 0 Å². The zero-order valence-corrected chi connectivity index (χ0v) is 7.90. The minimum atomic E-state index is 0.588. The summed E-state index contributed by atoms with van der Waals surface area (Å²) in [4.78, 5) is 0. The van der Waals surface area contributed by atoms with E-state index in [1.54, 1.807) is 23.5 Å². The molecule has 0 spiro atoms. The minimum absolute atomic E-state index is 0.588. The number of thioether (sulfide) groups is 2. The fourth-order valence-corrected chi connectivity index (χ4v) is 2.25. The van der Waals surface area contributed by atoms with Crippen LogP contribution in [0.3, 0.4) is 0 Å². The Morgan fingerprint density at radius 1 is 1.12 bits per heavy atom. The van der Waals surface area contributed by atoms with Crippen LogP contribution in [0.1, 0.15) is 0 Å². The fourth-order valence-electron chi connectivity index (χ4n) is 0.250. The van der Waals surface area contributed by atoms with Crippen molar-refractivity contribution in [2.24, 2.45) is 0 Å². The Bertz CT molecular complexity index is 86.2. The molecule has 0 radical (unpaired) electrons. The van der Waals surface area contributed by atoms with E-state index in [-0.39, 0.29) is 0 Å². The molecule has 0 saturated carbocycles. The van der Waals surface area contributed by atoms with Crippen LogP contribution in [0.4, 0.5) is 0 Å². The van der Waals surface area contributed by atoms with Gasteiger partial charge in [0, 0.05) is 0 Å². The van der Waals surface area contributed by atoms with Crippen molar-refractivity contribution < 1.29 is 0 Å². The lowest BCUT2D eigenvalue weighted by Crippen LogP contribution is -1.72. The molecule has 0 saturated heterocycles. The highest BCUT2D eigenvalue weighted by Gasteiger charge is 1.81. The van der Waals surface area contributed by atoms with Gasteiger partial charge in [-0.05, 0) is 16.7 Å². The highest BCUT2D eigenvalue weighted by atomic mass is 32.2. The first-order valence-electron chi connectivity index (χ1n) is 1.88. The van der Waals surface area contributed by atoms with Gasteiger partial charge in [-0.1, -0.05) is 0 Å². The average Bonchev–Trinajstić information content (AvgIpc) is 1.69. The van der Waals surface area contributed by atoms with E-state index < -0.39 is 0 Å². The van der Waals surface area contributed by atoms with Gasteiger partial charge in [0.25, 0.3) is 0 Å². The van der Waals surface area contributed by atoms with Crippen molar-refractivity contribution in [2.45, 2.75) is 0 Å². The van der Waals surface area contributed by atoms with Crippen LogP contribution in [0.15, 0.2) is 8.47 Å². The zero-order chi connectivity index (χ0) is 6.57. The van der Waals surface area contributed by atoms with Crippen LogP contribution in [-0.2, 0) is 25.3 Å². The molecule has 0 aromatic heterocycles. The van der Waals surface area contributed by atoms with Gasteiger partial charge in [-0.15, -0.1) is 23.5 Å². The maximum atomic E-state index is 4.75. The summed E-state index contributed by atoms with van der Waals surface area (Å²) >= 11 is 12.7. The highest BCUT2D eigenvalue weighted by molar-refractivity contribution is 8.22. The molecular formula is C4H6S4-2. The summed E-state index contributed by atoms with van der Waals surface area (Å²) in [5.41, 5.74) is 0. The summed E-state index contributed by atoms with van der Waals surface area (Å²) in [7, 11) is 0. The second-order valence-corrected chi connectivity index (χ2v) is 3.95. The Hall–Kier alpha value is 0.880. The fraction of sp³-hybridized carbons (Fsp3) is 0.500. The smallest absolute Gasteiger partial charge is 0.00542 e. The van der Waals surface area contributed by atoms with Gasteiger partial charge in [-0.3, -0.25) is 0 Å². The maximum absolute atomic E-state index is 4.75. The molecule has 48 valence electrons. The monoisotopic (exact) mass is 182 g/mol. The Morgan fingerprint density at radius 2 is 1.50 bits per heavy atom. The Morgan fingerprint density at radius 3 is 1.50 bits per heavy atom. The summed E-state index contributed by atoms with van der Waals surface area (Å²) in [5.74, 6) is 0. The van der Waals surface area contributed by atoms with E-state index in [1.807, 2.05) is 12.5 Å². The van der Waals surface area contributed by atoms with Gasteiger partial charge in [0.15, 0.2) is 0 Å². The topological polar surface area (TPSA) is 0 Å². The summed E-state index contributed by atoms with van der Waals surface area (Å²) < 4.78 is 1.65. The molecule has 0 heterocycles. The van der Waals surface area contributed by atoms with E-state index in [1.165, 1.54) is 0 Å². The lowest BCUT2D eigenvalue weighted by molar-refractivity contribution is 2.29. The molecule has 0 atom stereocenters. The van der Waals surface area contributed by atoms with Crippen molar-refractivity contribution in [1.82, 2.24) is 0 Å². The number of hydrogen-bond donors (Lipinski definition) is 0. The summed E-state index contributed by atoms with van der Waals surface area (Å²) in [6.45, 7) is 0. The van der Waals surface area contributed by atoms with E-state index >= 15 is 0 Å². The first-order valence-corrected chi connectivity index (χ1v) is 5.15. The van der Waals surface area contributed by atoms with Crippen LogP contribution in [0.5, 0.6) is 0 Å². The SMILES string of the molecule is CSC(SC)=C([S-])[S-]. The second kappa shape index (κ2) is 4.73. The maximum Gasteiger partial charge on any atom is -0.00542 e. The van der Waals surface area contributed by atoms with Crippen molar-refractivity contribution in [2.75, 3.05) is 12.5 Å². The van der Waals surface area contributed by atoms with Crippen molar-refractivity contribution in [1.29, 1.82) is 0 Å². The third kappa shape index (κ3) is 3.02. The minimum Gasteiger partial charge on any atom is -0.806 e. The standard InChI is InChI=1S/C4H8S4/c1-7-4(8-2)3(5)6/h5-6H,1-2H3/p-2. The molecule has 0 fully saturated rings. The predicted molar refractivity (Wildman–Crippen MR) is 48.8 cm³/mol. The third-order valence-electron chi connectivity index (χ3n) is 0.537. The molecule has 0 nitrogen and oxygen atoms in total. The van der Waals surface area contributed by atoms with E-state index in [9.17, 15) is 0 Å². The van der Waals surface area contributed by atoms with Crippen molar-refractivity contribution in [3.05, 3.63) is 8.47 Å². The van der Waals surface area contributed by atoms with Crippen LogP contribution in [0.2, 0.25) is 0 Å². The summed E-state index contributed by atoms with van der Waals surface area (Å²) in [6, 6.07) is 0. The first kappa shape index (κ1) is 8.88. The normalized spacial score (nSPS) is 8.75. The van der Waals surface area contributed by atoms with Gasteiger partial charge in [0.05, 0.1) is 0 Å². The van der Waals surface area contributed by atoms with E-state index in [0.717, 1.165) is 4.24 Å². The molecule has 4 heteroatoms. The van der Waals surface area contributed by atoms with Gasteiger partial charge < -0.3 is 29.5 Å². The Balaban J connectivity index is 3.86. The Labute approximate surface area is 69.7 Å². The summed E-state index contributed by atoms with van der Waals surface area (Å²) in [5, 5.41) is 0. The molecule has 0 N–H and O–H groups in total. The molecule has 0 bridgehead atoms. The zero-order valence-electron chi connectivity index (χ0n) is 4.63. The largest absolute Gasteiger partial charge is 0.806 e. The molecule has 0 unspecified atom stereocenters. The molecule has 0 aromatic rings. The number of rotatable bonds is 2. The van der Waals surface area contributed by atoms with Crippen LogP contribution in [0.25, 0.3) is 0 Å². The molecule has 0 aromatic carbocycles. The highest BCUT2D eigenvalue weighted by Crippen LogP contribution is 2.25. The molecule has 0 aliphatic rings. The molecule has 0 rings (SSSR count). The molecule has 0 amide bonds. The Kier molecular flexibility index (Phi) is 5.25. The average molecular weight is 182 g/mol. The molecule has 8 heavy (non-hydrogen) atoms. The third-order valence-corrected chi connectivity index (χ3v) is 3.61. The van der Waals surface area contributed by atoms with Gasteiger partial charge >= 0.3 is 0 Å². The molecule has 0 aliphatic heterocycles. The van der Waals surface area contributed by atoms with Gasteiger partial charge in [-0.25, -0.2) is 0 Å². The van der Waals surface area contributed by atoms with E-state index in [0.29, 0.717) is 4.24 Å².